The van der Waals surface area contributed by atoms with E-state index in [1.807, 2.05) is 0 Å². The van der Waals surface area contributed by atoms with Gasteiger partial charge in [0.2, 0.25) is 11.8 Å². The van der Waals surface area contributed by atoms with Crippen LogP contribution in [-0.4, -0.2) is 50.2 Å². The molecule has 0 aliphatic carbocycles. The highest BCUT2D eigenvalue weighted by molar-refractivity contribution is 5.79. The first kappa shape index (κ1) is 13.3. The van der Waals surface area contributed by atoms with Gasteiger partial charge in [0.25, 0.3) is 0 Å². The maximum absolute atomic E-state index is 11.6. The number of ether oxygens (including phenoxy) is 1. The van der Waals surface area contributed by atoms with Crippen molar-refractivity contribution in [2.24, 2.45) is 0 Å². The number of nitrogens with one attached hydrogen (secondary N) is 3. The number of carbonyl (C=O) groups is 2. The van der Waals surface area contributed by atoms with E-state index in [0.717, 1.165) is 32.5 Å². The topological polar surface area (TPSA) is 79.5 Å². The average Bonchev–Trinajstić information content (AvgIpc) is 2.76. The van der Waals surface area contributed by atoms with E-state index in [-0.39, 0.29) is 23.9 Å². The maximum Gasteiger partial charge on any atom is 0.234 e. The van der Waals surface area contributed by atoms with Crippen LogP contribution in [0.3, 0.4) is 0 Å². The molecule has 0 bridgehead atoms. The minimum Gasteiger partial charge on any atom is -0.381 e. The minimum absolute atomic E-state index is 0.0197. The van der Waals surface area contributed by atoms with Crippen LogP contribution in [-0.2, 0) is 14.3 Å². The number of hydrogen-bond donors (Lipinski definition) is 3. The van der Waals surface area contributed by atoms with Crippen LogP contribution in [0.2, 0.25) is 0 Å². The first-order valence-corrected chi connectivity index (χ1v) is 6.61. The molecule has 2 saturated heterocycles. The molecule has 0 radical (unpaired) electrons. The van der Waals surface area contributed by atoms with Gasteiger partial charge in [-0.1, -0.05) is 0 Å². The largest absolute Gasteiger partial charge is 0.381 e. The smallest absolute Gasteiger partial charge is 0.234 e. The second-order valence-electron chi connectivity index (χ2n) is 4.89. The van der Waals surface area contributed by atoms with Crippen molar-refractivity contribution in [3.63, 3.8) is 0 Å². The van der Waals surface area contributed by atoms with Gasteiger partial charge in [0, 0.05) is 38.3 Å². The monoisotopic (exact) mass is 255 g/mol. The molecule has 102 valence electrons. The van der Waals surface area contributed by atoms with E-state index >= 15 is 0 Å². The quantitative estimate of drug-likeness (QED) is 0.598. The van der Waals surface area contributed by atoms with Crippen molar-refractivity contribution in [3.05, 3.63) is 0 Å². The van der Waals surface area contributed by atoms with E-state index in [1.54, 1.807) is 0 Å². The first-order chi connectivity index (χ1) is 8.74. The van der Waals surface area contributed by atoms with Crippen LogP contribution in [0.5, 0.6) is 0 Å². The normalized spacial score (nSPS) is 24.9. The fraction of sp³-hybridized carbons (Fsp3) is 0.833. The van der Waals surface area contributed by atoms with E-state index in [0.29, 0.717) is 19.5 Å². The summed E-state index contributed by atoms with van der Waals surface area (Å²) in [6.45, 7) is 2.43. The van der Waals surface area contributed by atoms with E-state index in [4.69, 9.17) is 4.74 Å². The molecule has 6 heteroatoms. The maximum atomic E-state index is 11.6. The Morgan fingerprint density at radius 1 is 1.33 bits per heavy atom. The highest BCUT2D eigenvalue weighted by Gasteiger charge is 2.20. The predicted molar refractivity (Wildman–Crippen MR) is 66.0 cm³/mol. The molecule has 2 amide bonds. The van der Waals surface area contributed by atoms with Crippen LogP contribution in [0, 0.1) is 0 Å². The third-order valence-electron chi connectivity index (χ3n) is 3.35. The van der Waals surface area contributed by atoms with Crippen molar-refractivity contribution in [2.45, 2.75) is 37.8 Å². The third-order valence-corrected chi connectivity index (χ3v) is 3.35. The number of amides is 2. The first-order valence-electron chi connectivity index (χ1n) is 6.61. The van der Waals surface area contributed by atoms with Crippen molar-refractivity contribution in [1.29, 1.82) is 0 Å². The standard InChI is InChI=1S/C12H21N3O3/c16-11-2-1-10(15-11)7-13-8-12(17)14-9-3-5-18-6-4-9/h9-10,13H,1-8H2,(H,14,17)(H,15,16). The molecule has 6 nitrogen and oxygen atoms in total. The van der Waals surface area contributed by atoms with Crippen LogP contribution in [0.4, 0.5) is 0 Å². The van der Waals surface area contributed by atoms with Crippen molar-refractivity contribution in [1.82, 2.24) is 16.0 Å². The van der Waals surface area contributed by atoms with Gasteiger partial charge in [-0.2, -0.15) is 0 Å². The lowest BCUT2D eigenvalue weighted by Gasteiger charge is -2.23. The van der Waals surface area contributed by atoms with Crippen LogP contribution >= 0.6 is 0 Å². The van der Waals surface area contributed by atoms with Crippen LogP contribution in [0.25, 0.3) is 0 Å². The Hall–Kier alpha value is -1.14. The Morgan fingerprint density at radius 3 is 2.78 bits per heavy atom. The molecule has 2 heterocycles. The van der Waals surface area contributed by atoms with E-state index in [1.165, 1.54) is 0 Å². The Bertz CT molecular complexity index is 303. The molecular formula is C12H21N3O3. The molecule has 0 aromatic carbocycles. The van der Waals surface area contributed by atoms with Gasteiger partial charge in [-0.15, -0.1) is 0 Å². The SMILES string of the molecule is O=C(CNCC1CCC(=O)N1)NC1CCOCC1. The second kappa shape index (κ2) is 6.70. The summed E-state index contributed by atoms with van der Waals surface area (Å²) in [5.41, 5.74) is 0. The zero-order chi connectivity index (χ0) is 12.8. The Kier molecular flexibility index (Phi) is 4.95. The molecule has 2 fully saturated rings. The summed E-state index contributed by atoms with van der Waals surface area (Å²) >= 11 is 0. The molecule has 2 aliphatic rings. The lowest BCUT2D eigenvalue weighted by molar-refractivity contribution is -0.121. The van der Waals surface area contributed by atoms with E-state index < -0.39 is 0 Å². The van der Waals surface area contributed by atoms with Crippen LogP contribution < -0.4 is 16.0 Å². The molecule has 3 N–H and O–H groups in total. The molecule has 18 heavy (non-hydrogen) atoms. The van der Waals surface area contributed by atoms with Crippen molar-refractivity contribution < 1.29 is 14.3 Å². The third kappa shape index (κ3) is 4.27. The van der Waals surface area contributed by atoms with Crippen molar-refractivity contribution in [3.8, 4) is 0 Å². The molecule has 0 aromatic rings. The van der Waals surface area contributed by atoms with Gasteiger partial charge in [-0.3, -0.25) is 9.59 Å². The second-order valence-corrected chi connectivity index (χ2v) is 4.89. The summed E-state index contributed by atoms with van der Waals surface area (Å²) in [6.07, 6.45) is 3.24. The van der Waals surface area contributed by atoms with Gasteiger partial charge in [-0.05, 0) is 19.3 Å². The highest BCUT2D eigenvalue weighted by atomic mass is 16.5. The zero-order valence-electron chi connectivity index (χ0n) is 10.5. The van der Waals surface area contributed by atoms with E-state index in [9.17, 15) is 9.59 Å². The van der Waals surface area contributed by atoms with Crippen LogP contribution in [0.1, 0.15) is 25.7 Å². The molecule has 2 rings (SSSR count). The summed E-state index contributed by atoms with van der Waals surface area (Å²) in [4.78, 5) is 22.6. The Labute approximate surface area is 107 Å². The number of carbonyl (C=O) groups excluding carboxylic acids is 2. The summed E-state index contributed by atoms with van der Waals surface area (Å²) < 4.78 is 5.23. The van der Waals surface area contributed by atoms with Gasteiger partial charge < -0.3 is 20.7 Å². The summed E-state index contributed by atoms with van der Waals surface area (Å²) in [6, 6.07) is 0.424. The molecule has 0 saturated carbocycles. The molecule has 2 aliphatic heterocycles. The summed E-state index contributed by atoms with van der Waals surface area (Å²) in [5.74, 6) is 0.125. The molecule has 1 unspecified atom stereocenters. The van der Waals surface area contributed by atoms with Crippen molar-refractivity contribution >= 4 is 11.8 Å². The van der Waals surface area contributed by atoms with Crippen molar-refractivity contribution in [2.75, 3.05) is 26.3 Å². The van der Waals surface area contributed by atoms with Crippen LogP contribution in [0.15, 0.2) is 0 Å². The summed E-state index contributed by atoms with van der Waals surface area (Å²) in [5, 5.41) is 8.92. The summed E-state index contributed by atoms with van der Waals surface area (Å²) in [7, 11) is 0. The molecule has 0 aromatic heterocycles. The molecule has 0 spiro atoms. The van der Waals surface area contributed by atoms with Gasteiger partial charge in [0.1, 0.15) is 0 Å². The van der Waals surface area contributed by atoms with Gasteiger partial charge in [-0.25, -0.2) is 0 Å². The van der Waals surface area contributed by atoms with Gasteiger partial charge in [0.05, 0.1) is 6.54 Å². The molecular weight excluding hydrogens is 234 g/mol. The lowest BCUT2D eigenvalue weighted by atomic mass is 10.1. The van der Waals surface area contributed by atoms with Gasteiger partial charge >= 0.3 is 0 Å². The highest BCUT2D eigenvalue weighted by Crippen LogP contribution is 2.06. The fourth-order valence-corrected chi connectivity index (χ4v) is 2.31. The number of rotatable bonds is 5. The zero-order valence-corrected chi connectivity index (χ0v) is 10.5. The van der Waals surface area contributed by atoms with E-state index in [2.05, 4.69) is 16.0 Å². The Balaban J connectivity index is 1.55. The molecule has 1 atom stereocenters. The fourth-order valence-electron chi connectivity index (χ4n) is 2.31. The van der Waals surface area contributed by atoms with Gasteiger partial charge in [0.15, 0.2) is 0 Å². The predicted octanol–water partition coefficient (Wildman–Crippen LogP) is -0.850. The Morgan fingerprint density at radius 2 is 2.11 bits per heavy atom. The lowest BCUT2D eigenvalue weighted by Crippen LogP contribution is -2.45. The average molecular weight is 255 g/mol. The number of hydrogen-bond acceptors (Lipinski definition) is 4. The minimum atomic E-state index is 0.0197.